The molecule has 18 heavy (non-hydrogen) atoms. The molecule has 0 unspecified atom stereocenters. The fourth-order valence-corrected chi connectivity index (χ4v) is 2.68. The van der Waals surface area contributed by atoms with E-state index >= 15 is 0 Å². The molecule has 0 spiro atoms. The standard InChI is InChI=1S/C16H24FN/c1-16(2)10-7-15(8-11-16)18-12-9-13-3-5-14(17)6-4-13/h3-6,15,18H,7-12H2,1-2H3. The van der Waals surface area contributed by atoms with E-state index in [0.29, 0.717) is 11.5 Å². The highest BCUT2D eigenvalue weighted by molar-refractivity contribution is 5.16. The van der Waals surface area contributed by atoms with Gasteiger partial charge in [0.15, 0.2) is 0 Å². The summed E-state index contributed by atoms with van der Waals surface area (Å²) in [6, 6.07) is 7.51. The molecule has 0 saturated heterocycles. The highest BCUT2D eigenvalue weighted by Gasteiger charge is 2.26. The van der Waals surface area contributed by atoms with Gasteiger partial charge in [-0.3, -0.25) is 0 Å². The van der Waals surface area contributed by atoms with Crippen molar-refractivity contribution < 1.29 is 4.39 Å². The van der Waals surface area contributed by atoms with Gasteiger partial charge in [0.1, 0.15) is 5.82 Å². The molecule has 1 aliphatic rings. The quantitative estimate of drug-likeness (QED) is 0.852. The van der Waals surface area contributed by atoms with E-state index in [-0.39, 0.29) is 5.82 Å². The van der Waals surface area contributed by atoms with E-state index < -0.39 is 0 Å². The van der Waals surface area contributed by atoms with Crippen LogP contribution in [0.4, 0.5) is 4.39 Å². The zero-order valence-electron chi connectivity index (χ0n) is 11.5. The third kappa shape index (κ3) is 4.09. The number of rotatable bonds is 4. The van der Waals surface area contributed by atoms with Crippen LogP contribution in [0.25, 0.3) is 0 Å². The van der Waals surface area contributed by atoms with E-state index in [9.17, 15) is 4.39 Å². The zero-order valence-corrected chi connectivity index (χ0v) is 11.5. The average Bonchev–Trinajstić information content (AvgIpc) is 2.34. The van der Waals surface area contributed by atoms with Crippen LogP contribution in [0.3, 0.4) is 0 Å². The van der Waals surface area contributed by atoms with Gasteiger partial charge in [-0.2, -0.15) is 0 Å². The van der Waals surface area contributed by atoms with Gasteiger partial charge in [0, 0.05) is 6.04 Å². The SMILES string of the molecule is CC1(C)CCC(NCCc2ccc(F)cc2)CC1. The van der Waals surface area contributed by atoms with Crippen LogP contribution in [0.1, 0.15) is 45.1 Å². The number of hydrogen-bond acceptors (Lipinski definition) is 1. The highest BCUT2D eigenvalue weighted by Crippen LogP contribution is 2.34. The largest absolute Gasteiger partial charge is 0.314 e. The van der Waals surface area contributed by atoms with Gasteiger partial charge >= 0.3 is 0 Å². The lowest BCUT2D eigenvalue weighted by atomic mass is 9.75. The molecule has 1 nitrogen and oxygen atoms in total. The number of nitrogens with one attached hydrogen (secondary N) is 1. The zero-order chi connectivity index (χ0) is 13.0. The van der Waals surface area contributed by atoms with Crippen LogP contribution in [0, 0.1) is 11.2 Å². The topological polar surface area (TPSA) is 12.0 Å². The van der Waals surface area contributed by atoms with Crippen molar-refractivity contribution in [3.05, 3.63) is 35.6 Å². The Kier molecular flexibility index (Phi) is 4.39. The van der Waals surface area contributed by atoms with E-state index in [1.165, 1.54) is 31.2 Å². The molecule has 1 N–H and O–H groups in total. The maximum atomic E-state index is 12.8. The van der Waals surface area contributed by atoms with E-state index in [4.69, 9.17) is 0 Å². The molecular formula is C16H24FN. The third-order valence-corrected chi connectivity index (χ3v) is 4.10. The molecule has 1 aromatic carbocycles. The number of benzene rings is 1. The fraction of sp³-hybridized carbons (Fsp3) is 0.625. The monoisotopic (exact) mass is 249 g/mol. The summed E-state index contributed by atoms with van der Waals surface area (Å²) in [6.45, 7) is 5.72. The van der Waals surface area contributed by atoms with Crippen molar-refractivity contribution in [3.8, 4) is 0 Å². The van der Waals surface area contributed by atoms with Gasteiger partial charge in [-0.05, 0) is 61.8 Å². The molecule has 1 fully saturated rings. The average molecular weight is 249 g/mol. The predicted octanol–water partition coefficient (Wildman–Crippen LogP) is 3.93. The highest BCUT2D eigenvalue weighted by atomic mass is 19.1. The Bertz CT molecular complexity index is 359. The summed E-state index contributed by atoms with van der Waals surface area (Å²) < 4.78 is 12.8. The lowest BCUT2D eigenvalue weighted by molar-refractivity contribution is 0.207. The predicted molar refractivity (Wildman–Crippen MR) is 74.1 cm³/mol. The van der Waals surface area contributed by atoms with Gasteiger partial charge in [-0.15, -0.1) is 0 Å². The Morgan fingerprint density at radius 2 is 1.78 bits per heavy atom. The molecule has 1 aliphatic carbocycles. The van der Waals surface area contributed by atoms with Crippen LogP contribution in [-0.4, -0.2) is 12.6 Å². The van der Waals surface area contributed by atoms with Gasteiger partial charge < -0.3 is 5.32 Å². The summed E-state index contributed by atoms with van der Waals surface area (Å²) in [5.74, 6) is -0.152. The smallest absolute Gasteiger partial charge is 0.123 e. The summed E-state index contributed by atoms with van der Waals surface area (Å²) >= 11 is 0. The van der Waals surface area contributed by atoms with Gasteiger partial charge in [0.25, 0.3) is 0 Å². The lowest BCUT2D eigenvalue weighted by Crippen LogP contribution is -2.36. The number of hydrogen-bond donors (Lipinski definition) is 1. The minimum Gasteiger partial charge on any atom is -0.314 e. The van der Waals surface area contributed by atoms with Crippen molar-refractivity contribution in [2.24, 2.45) is 5.41 Å². The summed E-state index contributed by atoms with van der Waals surface area (Å²) in [4.78, 5) is 0. The van der Waals surface area contributed by atoms with Gasteiger partial charge in [0.05, 0.1) is 0 Å². The Labute approximate surface area is 110 Å². The van der Waals surface area contributed by atoms with Gasteiger partial charge in [-0.1, -0.05) is 26.0 Å². The molecular weight excluding hydrogens is 225 g/mol. The molecule has 0 aliphatic heterocycles. The first-order valence-electron chi connectivity index (χ1n) is 7.03. The summed E-state index contributed by atoms with van der Waals surface area (Å²) in [5, 5.41) is 3.63. The maximum Gasteiger partial charge on any atom is 0.123 e. The molecule has 0 atom stereocenters. The van der Waals surface area contributed by atoms with Crippen molar-refractivity contribution in [1.82, 2.24) is 5.32 Å². The molecule has 0 aromatic heterocycles. The third-order valence-electron chi connectivity index (χ3n) is 4.10. The van der Waals surface area contributed by atoms with Gasteiger partial charge in [-0.25, -0.2) is 4.39 Å². The second-order valence-electron chi connectivity index (χ2n) is 6.27. The lowest BCUT2D eigenvalue weighted by Gasteiger charge is -2.34. The molecule has 2 rings (SSSR count). The Hall–Kier alpha value is -0.890. The minimum atomic E-state index is -0.152. The van der Waals surface area contributed by atoms with Crippen molar-refractivity contribution in [3.63, 3.8) is 0 Å². The van der Waals surface area contributed by atoms with E-state index in [1.807, 2.05) is 12.1 Å². The second-order valence-corrected chi connectivity index (χ2v) is 6.27. The molecule has 1 aromatic rings. The van der Waals surface area contributed by atoms with Crippen LogP contribution in [0.2, 0.25) is 0 Å². The van der Waals surface area contributed by atoms with E-state index in [0.717, 1.165) is 13.0 Å². The van der Waals surface area contributed by atoms with Crippen LogP contribution >= 0.6 is 0 Å². The Morgan fingerprint density at radius 3 is 2.39 bits per heavy atom. The molecule has 0 bridgehead atoms. The van der Waals surface area contributed by atoms with Crippen LogP contribution in [-0.2, 0) is 6.42 Å². The van der Waals surface area contributed by atoms with Crippen LogP contribution in [0.15, 0.2) is 24.3 Å². The molecule has 0 amide bonds. The first kappa shape index (κ1) is 13.5. The van der Waals surface area contributed by atoms with Crippen molar-refractivity contribution >= 4 is 0 Å². The normalized spacial score (nSPS) is 19.9. The summed E-state index contributed by atoms with van der Waals surface area (Å²) in [5.41, 5.74) is 1.75. The fourth-order valence-electron chi connectivity index (χ4n) is 2.68. The van der Waals surface area contributed by atoms with Crippen molar-refractivity contribution in [2.75, 3.05) is 6.54 Å². The molecule has 1 saturated carbocycles. The van der Waals surface area contributed by atoms with Gasteiger partial charge in [0.2, 0.25) is 0 Å². The van der Waals surface area contributed by atoms with Crippen molar-refractivity contribution in [1.29, 1.82) is 0 Å². The van der Waals surface area contributed by atoms with Crippen LogP contribution in [0.5, 0.6) is 0 Å². The van der Waals surface area contributed by atoms with E-state index in [1.54, 1.807) is 12.1 Å². The second kappa shape index (κ2) is 5.83. The van der Waals surface area contributed by atoms with Crippen LogP contribution < -0.4 is 5.32 Å². The maximum absolute atomic E-state index is 12.8. The molecule has 100 valence electrons. The molecule has 2 heteroatoms. The first-order valence-corrected chi connectivity index (χ1v) is 7.03. The van der Waals surface area contributed by atoms with E-state index in [2.05, 4.69) is 19.2 Å². The summed E-state index contributed by atoms with van der Waals surface area (Å²) in [6.07, 6.45) is 6.20. The Morgan fingerprint density at radius 1 is 1.17 bits per heavy atom. The molecule has 0 radical (unpaired) electrons. The number of halogens is 1. The minimum absolute atomic E-state index is 0.152. The van der Waals surface area contributed by atoms with Crippen molar-refractivity contribution in [2.45, 2.75) is 52.0 Å². The molecule has 0 heterocycles. The Balaban J connectivity index is 1.68. The first-order chi connectivity index (χ1) is 8.55. The summed E-state index contributed by atoms with van der Waals surface area (Å²) in [7, 11) is 0.